The molecular formula is C37H47ClN2O7. The molecule has 3 aromatic rings. The van der Waals surface area contributed by atoms with Gasteiger partial charge in [-0.25, -0.2) is 4.79 Å². The molecule has 3 N–H and O–H groups in total. The Balaban J connectivity index is 1.78. The van der Waals surface area contributed by atoms with Gasteiger partial charge in [-0.2, -0.15) is 0 Å². The number of hydrogen-bond donors (Lipinski definition) is 3. The summed E-state index contributed by atoms with van der Waals surface area (Å²) in [6.45, 7) is 16.1. The average molecular weight is 667 g/mol. The minimum Gasteiger partial charge on any atom is -0.504 e. The molecule has 9 nitrogen and oxygen atoms in total. The number of ether oxygens (including phenoxy) is 3. The van der Waals surface area contributed by atoms with Crippen LogP contribution in [0.25, 0.3) is 0 Å². The van der Waals surface area contributed by atoms with E-state index in [-0.39, 0.29) is 39.6 Å². The van der Waals surface area contributed by atoms with E-state index in [0.29, 0.717) is 29.0 Å². The number of benzene rings is 3. The fourth-order valence-electron chi connectivity index (χ4n) is 4.77. The minimum absolute atomic E-state index is 0.0152. The number of phenolic OH excluding ortho intramolecular Hbond substituents is 1. The van der Waals surface area contributed by atoms with Crippen molar-refractivity contribution in [3.63, 3.8) is 0 Å². The van der Waals surface area contributed by atoms with Crippen LogP contribution in [0, 0.1) is 6.92 Å². The Kier molecular flexibility index (Phi) is 12.3. The maximum atomic E-state index is 13.5. The van der Waals surface area contributed by atoms with E-state index in [9.17, 15) is 19.5 Å². The van der Waals surface area contributed by atoms with Gasteiger partial charge in [0.1, 0.15) is 11.5 Å². The number of halogens is 1. The lowest BCUT2D eigenvalue weighted by atomic mass is 9.76. The van der Waals surface area contributed by atoms with Crippen LogP contribution in [0.5, 0.6) is 17.2 Å². The van der Waals surface area contributed by atoms with Crippen molar-refractivity contribution in [2.75, 3.05) is 24.4 Å². The Morgan fingerprint density at radius 2 is 1.53 bits per heavy atom. The van der Waals surface area contributed by atoms with Gasteiger partial charge < -0.3 is 30.0 Å². The predicted octanol–water partition coefficient (Wildman–Crippen LogP) is 8.33. The number of hydrogen-bond acceptors (Lipinski definition) is 7. The highest BCUT2D eigenvalue weighted by molar-refractivity contribution is 6.33. The van der Waals surface area contributed by atoms with E-state index in [2.05, 4.69) is 69.0 Å². The first-order chi connectivity index (χ1) is 22.1. The summed E-state index contributed by atoms with van der Waals surface area (Å²) in [5.74, 6) is -0.913. The summed E-state index contributed by atoms with van der Waals surface area (Å²) < 4.78 is 16.8. The maximum Gasteiger partial charge on any atom is 0.337 e. The molecule has 1 atom stereocenters. The van der Waals surface area contributed by atoms with E-state index in [4.69, 9.17) is 21.1 Å². The van der Waals surface area contributed by atoms with Gasteiger partial charge in [-0.1, -0.05) is 72.2 Å². The van der Waals surface area contributed by atoms with Crippen LogP contribution in [-0.2, 0) is 25.2 Å². The van der Waals surface area contributed by atoms with Crippen LogP contribution in [0.4, 0.5) is 11.4 Å². The summed E-state index contributed by atoms with van der Waals surface area (Å²) in [6.07, 6.45) is 1.35. The van der Waals surface area contributed by atoms with Crippen molar-refractivity contribution in [3.05, 3.63) is 75.8 Å². The molecule has 0 saturated heterocycles. The van der Waals surface area contributed by atoms with Gasteiger partial charge in [0, 0.05) is 22.9 Å². The molecule has 3 aromatic carbocycles. The Hall–Kier alpha value is -4.24. The van der Waals surface area contributed by atoms with E-state index >= 15 is 0 Å². The largest absolute Gasteiger partial charge is 0.504 e. The zero-order valence-corrected chi connectivity index (χ0v) is 29.6. The molecule has 10 heteroatoms. The van der Waals surface area contributed by atoms with Gasteiger partial charge in [-0.3, -0.25) is 9.59 Å². The van der Waals surface area contributed by atoms with E-state index in [1.54, 1.807) is 19.1 Å². The van der Waals surface area contributed by atoms with Crippen LogP contribution in [0.1, 0.15) is 94.8 Å². The van der Waals surface area contributed by atoms with Gasteiger partial charge in [0.05, 0.1) is 23.4 Å². The Morgan fingerprint density at radius 3 is 2.11 bits per heavy atom. The molecule has 3 rings (SSSR count). The molecule has 0 radical (unpaired) electrons. The highest BCUT2D eigenvalue weighted by Crippen LogP contribution is 2.41. The van der Waals surface area contributed by atoms with Crippen LogP contribution < -0.4 is 20.1 Å². The lowest BCUT2D eigenvalue weighted by Gasteiger charge is -2.31. The summed E-state index contributed by atoms with van der Waals surface area (Å²) in [6, 6.07) is 13.8. The second kappa shape index (κ2) is 15.6. The molecule has 47 heavy (non-hydrogen) atoms. The normalized spacial score (nSPS) is 12.2. The van der Waals surface area contributed by atoms with Gasteiger partial charge >= 0.3 is 5.97 Å². The average Bonchev–Trinajstić information content (AvgIpc) is 3.06. The third-order valence-electron chi connectivity index (χ3n) is 8.83. The number of carbonyl (C=O) groups is 3. The molecule has 2 amide bonds. The minimum atomic E-state index is -0.869. The number of methoxy groups -OCH3 is 1. The Labute approximate surface area is 283 Å². The first-order valence-electron chi connectivity index (χ1n) is 15.8. The van der Waals surface area contributed by atoms with Gasteiger partial charge in [0.2, 0.25) is 0 Å². The van der Waals surface area contributed by atoms with Crippen molar-refractivity contribution in [2.45, 2.75) is 91.6 Å². The van der Waals surface area contributed by atoms with Gasteiger partial charge in [0.15, 0.2) is 18.5 Å². The lowest BCUT2D eigenvalue weighted by molar-refractivity contribution is -0.123. The number of amides is 2. The zero-order chi connectivity index (χ0) is 35.1. The second-order valence-electron chi connectivity index (χ2n) is 12.8. The predicted molar refractivity (Wildman–Crippen MR) is 186 cm³/mol. The molecule has 0 aliphatic carbocycles. The van der Waals surface area contributed by atoms with E-state index in [1.807, 2.05) is 13.0 Å². The van der Waals surface area contributed by atoms with Gasteiger partial charge in [-0.05, 0) is 72.9 Å². The van der Waals surface area contributed by atoms with Crippen molar-refractivity contribution >= 4 is 40.8 Å². The molecule has 0 spiro atoms. The molecule has 1 unspecified atom stereocenters. The molecule has 0 aliphatic heterocycles. The highest BCUT2D eigenvalue weighted by atomic mass is 35.5. The van der Waals surface area contributed by atoms with Crippen molar-refractivity contribution in [1.82, 2.24) is 0 Å². The molecule has 0 aliphatic rings. The molecule has 0 saturated carbocycles. The fraction of sp³-hybridized carbons (Fsp3) is 0.432. The highest BCUT2D eigenvalue weighted by Gasteiger charge is 2.29. The standard InChI is InChI=1S/C37H47ClN2O7/c1-10-28(47-29-18-15-24(36(5,6)11-2)19-26(29)37(7,8)12-3)34(43)40-27-20-30(22(4)32(38)33(27)42)46-21-31(41)39-25-16-13-23(14-17-25)35(44)45-9/h13-20,28,42H,10-12,21H2,1-9H3,(H,39,41)(H,40,43). The molecule has 0 heterocycles. The van der Waals surface area contributed by atoms with Crippen LogP contribution in [0.15, 0.2) is 48.5 Å². The first kappa shape index (κ1) is 37.2. The van der Waals surface area contributed by atoms with Crippen molar-refractivity contribution < 1.29 is 33.7 Å². The molecule has 254 valence electrons. The number of esters is 1. The topological polar surface area (TPSA) is 123 Å². The monoisotopic (exact) mass is 666 g/mol. The number of nitrogens with one attached hydrogen (secondary N) is 2. The van der Waals surface area contributed by atoms with Crippen LogP contribution in [-0.4, -0.2) is 42.7 Å². The number of anilines is 2. The Morgan fingerprint density at radius 1 is 0.894 bits per heavy atom. The number of aromatic hydroxyl groups is 1. The number of phenols is 1. The van der Waals surface area contributed by atoms with Crippen LogP contribution in [0.2, 0.25) is 5.02 Å². The van der Waals surface area contributed by atoms with Crippen LogP contribution >= 0.6 is 11.6 Å². The van der Waals surface area contributed by atoms with E-state index < -0.39 is 23.9 Å². The molecule has 0 fully saturated rings. The maximum absolute atomic E-state index is 13.5. The van der Waals surface area contributed by atoms with Gasteiger partial charge in [-0.15, -0.1) is 0 Å². The summed E-state index contributed by atoms with van der Waals surface area (Å²) >= 11 is 6.41. The van der Waals surface area contributed by atoms with E-state index in [0.717, 1.165) is 18.4 Å². The molecular weight excluding hydrogens is 620 g/mol. The van der Waals surface area contributed by atoms with Crippen LogP contribution in [0.3, 0.4) is 0 Å². The SMILES string of the molecule is CCC(Oc1ccc(C(C)(C)CC)cc1C(C)(C)CC)C(=O)Nc1cc(OCC(=O)Nc2ccc(C(=O)OC)cc2)c(C)c(Cl)c1O. The molecule has 0 aromatic heterocycles. The smallest absolute Gasteiger partial charge is 0.337 e. The van der Waals surface area contributed by atoms with Crippen molar-refractivity contribution in [1.29, 1.82) is 0 Å². The summed E-state index contributed by atoms with van der Waals surface area (Å²) in [7, 11) is 1.29. The number of rotatable bonds is 14. The Bertz CT molecular complexity index is 1600. The van der Waals surface area contributed by atoms with E-state index in [1.165, 1.54) is 30.9 Å². The first-order valence-corrected chi connectivity index (χ1v) is 16.2. The van der Waals surface area contributed by atoms with Crippen molar-refractivity contribution in [2.24, 2.45) is 0 Å². The lowest BCUT2D eigenvalue weighted by Crippen LogP contribution is -2.33. The second-order valence-corrected chi connectivity index (χ2v) is 13.2. The summed E-state index contributed by atoms with van der Waals surface area (Å²) in [5.41, 5.74) is 3.24. The summed E-state index contributed by atoms with van der Waals surface area (Å²) in [4.78, 5) is 37.8. The van der Waals surface area contributed by atoms with Crippen molar-refractivity contribution in [3.8, 4) is 17.2 Å². The fourth-order valence-corrected chi connectivity index (χ4v) is 4.97. The zero-order valence-electron chi connectivity index (χ0n) is 28.8. The quantitative estimate of drug-likeness (QED) is 0.117. The third-order valence-corrected chi connectivity index (χ3v) is 9.30. The summed E-state index contributed by atoms with van der Waals surface area (Å²) in [5, 5.41) is 16.2. The third kappa shape index (κ3) is 8.98. The number of carbonyl (C=O) groups excluding carboxylic acids is 3. The molecule has 0 bridgehead atoms. The van der Waals surface area contributed by atoms with Gasteiger partial charge in [0.25, 0.3) is 11.8 Å².